The average molecular weight is 270 g/mol. The van der Waals surface area contributed by atoms with Crippen LogP contribution < -0.4 is 5.32 Å². The lowest BCUT2D eigenvalue weighted by molar-refractivity contribution is 0.423. The first-order valence-corrected chi connectivity index (χ1v) is 6.85. The molecule has 2 aromatic heterocycles. The Labute approximate surface area is 120 Å². The molecule has 4 heteroatoms. The second-order valence-electron chi connectivity index (χ2n) is 6.20. The predicted octanol–water partition coefficient (Wildman–Crippen LogP) is 3.04. The summed E-state index contributed by atoms with van der Waals surface area (Å²) in [6.45, 7) is 11.3. The summed E-state index contributed by atoms with van der Waals surface area (Å²) in [4.78, 5) is 13.3. The zero-order valence-electron chi connectivity index (χ0n) is 12.9. The van der Waals surface area contributed by atoms with Gasteiger partial charge in [-0.1, -0.05) is 6.07 Å². The molecule has 0 aliphatic heterocycles. The van der Waals surface area contributed by atoms with Crippen LogP contribution in [0.3, 0.4) is 0 Å². The minimum absolute atomic E-state index is 0.0910. The number of rotatable bonds is 3. The Morgan fingerprint density at radius 3 is 2.20 bits per heavy atom. The van der Waals surface area contributed by atoms with Crippen molar-refractivity contribution in [3.63, 3.8) is 0 Å². The summed E-state index contributed by atoms with van der Waals surface area (Å²) in [6.07, 6.45) is 5.57. The van der Waals surface area contributed by atoms with Crippen molar-refractivity contribution in [2.45, 2.75) is 46.7 Å². The van der Waals surface area contributed by atoms with Crippen molar-refractivity contribution in [1.82, 2.24) is 20.3 Å². The molecule has 0 amide bonds. The molecule has 0 bridgehead atoms. The third kappa shape index (κ3) is 3.84. The van der Waals surface area contributed by atoms with Crippen LogP contribution >= 0.6 is 0 Å². The van der Waals surface area contributed by atoms with Crippen LogP contribution in [0.25, 0.3) is 11.5 Å². The van der Waals surface area contributed by atoms with Crippen LogP contribution in [0.15, 0.2) is 24.7 Å². The minimum Gasteiger partial charge on any atom is -0.308 e. The molecule has 0 aliphatic carbocycles. The van der Waals surface area contributed by atoms with E-state index in [4.69, 9.17) is 0 Å². The van der Waals surface area contributed by atoms with Gasteiger partial charge in [0.15, 0.2) is 5.82 Å². The Hall–Kier alpha value is -1.81. The lowest BCUT2D eigenvalue weighted by Gasteiger charge is -2.20. The van der Waals surface area contributed by atoms with Crippen molar-refractivity contribution >= 4 is 0 Å². The van der Waals surface area contributed by atoms with Crippen molar-refractivity contribution in [2.24, 2.45) is 0 Å². The Bertz CT molecular complexity index is 582. The second kappa shape index (κ2) is 5.67. The summed E-state index contributed by atoms with van der Waals surface area (Å²) < 4.78 is 0. The Morgan fingerprint density at radius 2 is 1.65 bits per heavy atom. The number of pyridine rings is 1. The molecule has 0 saturated heterocycles. The summed E-state index contributed by atoms with van der Waals surface area (Å²) >= 11 is 0. The van der Waals surface area contributed by atoms with E-state index >= 15 is 0 Å². The van der Waals surface area contributed by atoms with Gasteiger partial charge >= 0.3 is 0 Å². The first-order chi connectivity index (χ1) is 9.35. The third-order valence-corrected chi connectivity index (χ3v) is 2.95. The predicted molar refractivity (Wildman–Crippen MR) is 81.3 cm³/mol. The van der Waals surface area contributed by atoms with Gasteiger partial charge in [0, 0.05) is 36.2 Å². The number of aryl methyl sites for hydroxylation is 2. The molecule has 20 heavy (non-hydrogen) atoms. The van der Waals surface area contributed by atoms with Crippen LogP contribution in [0.5, 0.6) is 0 Å². The van der Waals surface area contributed by atoms with Crippen molar-refractivity contribution < 1.29 is 0 Å². The van der Waals surface area contributed by atoms with Crippen LogP contribution in [0.4, 0.5) is 0 Å². The SMILES string of the molecule is Cc1cnc(-c2ncc(CNC(C)(C)C)cn2)c(C)c1. The molecule has 1 N–H and O–H groups in total. The molecule has 2 heterocycles. The number of nitrogens with one attached hydrogen (secondary N) is 1. The standard InChI is InChI=1S/C16H22N4/c1-11-6-12(2)14(17-7-11)15-18-8-13(9-19-15)10-20-16(3,4)5/h6-9,20H,10H2,1-5H3. The fourth-order valence-corrected chi connectivity index (χ4v) is 1.88. The van der Waals surface area contributed by atoms with Gasteiger partial charge in [-0.3, -0.25) is 4.98 Å². The van der Waals surface area contributed by atoms with Crippen LogP contribution in [0, 0.1) is 13.8 Å². The maximum atomic E-state index is 4.43. The van der Waals surface area contributed by atoms with Crippen molar-refractivity contribution in [1.29, 1.82) is 0 Å². The number of hydrogen-bond acceptors (Lipinski definition) is 4. The van der Waals surface area contributed by atoms with E-state index in [9.17, 15) is 0 Å². The van der Waals surface area contributed by atoms with Crippen LogP contribution in [0.1, 0.15) is 37.5 Å². The van der Waals surface area contributed by atoms with E-state index in [1.807, 2.05) is 32.4 Å². The highest BCUT2D eigenvalue weighted by atomic mass is 15.0. The Morgan fingerprint density at radius 1 is 1.00 bits per heavy atom. The highest BCUT2D eigenvalue weighted by Gasteiger charge is 2.10. The average Bonchev–Trinajstić information content (AvgIpc) is 2.36. The quantitative estimate of drug-likeness (QED) is 0.931. The highest BCUT2D eigenvalue weighted by molar-refractivity contribution is 5.54. The van der Waals surface area contributed by atoms with Gasteiger partial charge in [0.25, 0.3) is 0 Å². The lowest BCUT2D eigenvalue weighted by atomic mass is 10.1. The van der Waals surface area contributed by atoms with Crippen molar-refractivity contribution in [3.8, 4) is 11.5 Å². The van der Waals surface area contributed by atoms with Crippen LogP contribution in [-0.2, 0) is 6.54 Å². The molecule has 0 unspecified atom stereocenters. The van der Waals surface area contributed by atoms with E-state index in [1.54, 1.807) is 0 Å². The van der Waals surface area contributed by atoms with Gasteiger partial charge < -0.3 is 5.32 Å². The first-order valence-electron chi connectivity index (χ1n) is 6.85. The minimum atomic E-state index is 0.0910. The molecule has 2 rings (SSSR count). The fourth-order valence-electron chi connectivity index (χ4n) is 1.88. The summed E-state index contributed by atoms with van der Waals surface area (Å²) in [7, 11) is 0. The molecule has 2 aromatic rings. The molecule has 0 atom stereocenters. The smallest absolute Gasteiger partial charge is 0.178 e. The largest absolute Gasteiger partial charge is 0.308 e. The molecular weight excluding hydrogens is 248 g/mol. The van der Waals surface area contributed by atoms with Gasteiger partial charge in [-0.15, -0.1) is 0 Å². The van der Waals surface area contributed by atoms with E-state index < -0.39 is 0 Å². The molecule has 0 radical (unpaired) electrons. The van der Waals surface area contributed by atoms with E-state index in [2.05, 4.69) is 47.1 Å². The normalized spacial score (nSPS) is 11.7. The number of nitrogens with zero attached hydrogens (tertiary/aromatic N) is 3. The third-order valence-electron chi connectivity index (χ3n) is 2.95. The summed E-state index contributed by atoms with van der Waals surface area (Å²) in [5.74, 6) is 0.682. The zero-order chi connectivity index (χ0) is 14.8. The fraction of sp³-hybridized carbons (Fsp3) is 0.438. The van der Waals surface area contributed by atoms with Crippen LogP contribution in [-0.4, -0.2) is 20.5 Å². The number of hydrogen-bond donors (Lipinski definition) is 1. The maximum Gasteiger partial charge on any atom is 0.178 e. The zero-order valence-corrected chi connectivity index (χ0v) is 12.9. The van der Waals surface area contributed by atoms with E-state index in [1.165, 1.54) is 0 Å². The van der Waals surface area contributed by atoms with Crippen LogP contribution in [0.2, 0.25) is 0 Å². The summed E-state index contributed by atoms with van der Waals surface area (Å²) in [6, 6.07) is 2.10. The summed E-state index contributed by atoms with van der Waals surface area (Å²) in [5.41, 5.74) is 4.27. The first kappa shape index (κ1) is 14.6. The molecule has 0 fully saturated rings. The van der Waals surface area contributed by atoms with Crippen molar-refractivity contribution in [2.75, 3.05) is 0 Å². The van der Waals surface area contributed by atoms with Crippen molar-refractivity contribution in [3.05, 3.63) is 41.3 Å². The molecule has 0 aliphatic rings. The van der Waals surface area contributed by atoms with Gasteiger partial charge in [0.2, 0.25) is 0 Å². The number of aromatic nitrogens is 3. The lowest BCUT2D eigenvalue weighted by Crippen LogP contribution is -2.35. The van der Waals surface area contributed by atoms with Gasteiger partial charge in [-0.05, 0) is 45.7 Å². The molecular formula is C16H22N4. The van der Waals surface area contributed by atoms with Gasteiger partial charge in [0.05, 0.1) is 0 Å². The molecule has 106 valence electrons. The monoisotopic (exact) mass is 270 g/mol. The topological polar surface area (TPSA) is 50.7 Å². The Kier molecular flexibility index (Phi) is 4.14. The summed E-state index contributed by atoms with van der Waals surface area (Å²) in [5, 5.41) is 3.42. The van der Waals surface area contributed by atoms with E-state index in [-0.39, 0.29) is 5.54 Å². The van der Waals surface area contributed by atoms with E-state index in [0.717, 1.165) is 28.9 Å². The molecule has 4 nitrogen and oxygen atoms in total. The van der Waals surface area contributed by atoms with Gasteiger partial charge in [0.1, 0.15) is 5.69 Å². The highest BCUT2D eigenvalue weighted by Crippen LogP contribution is 2.17. The maximum absolute atomic E-state index is 4.43. The van der Waals surface area contributed by atoms with Gasteiger partial charge in [-0.25, -0.2) is 9.97 Å². The molecule has 0 spiro atoms. The van der Waals surface area contributed by atoms with Gasteiger partial charge in [-0.2, -0.15) is 0 Å². The molecule has 0 saturated carbocycles. The Balaban J connectivity index is 2.15. The van der Waals surface area contributed by atoms with E-state index in [0.29, 0.717) is 5.82 Å². The molecule has 0 aromatic carbocycles. The second-order valence-corrected chi connectivity index (χ2v) is 6.20.